The van der Waals surface area contributed by atoms with Crippen molar-refractivity contribution in [1.29, 1.82) is 5.26 Å². The Labute approximate surface area is 42.8 Å². The molecule has 0 fully saturated rings. The van der Waals surface area contributed by atoms with E-state index in [0.717, 1.165) is 0 Å². The van der Waals surface area contributed by atoms with Crippen molar-refractivity contribution in [3.8, 4) is 6.07 Å². The first kappa shape index (κ1) is 6.16. The van der Waals surface area contributed by atoms with Gasteiger partial charge in [0.15, 0.2) is 0 Å². The SMILES string of the molecule is CC([C]=O)CC#N. The fourth-order valence-electron chi connectivity index (χ4n) is 0.179. The second kappa shape index (κ2) is 3.35. The zero-order valence-corrected chi connectivity index (χ0v) is 4.14. The van der Waals surface area contributed by atoms with Crippen LogP contribution < -0.4 is 0 Å². The summed E-state index contributed by atoms with van der Waals surface area (Å²) in [6.07, 6.45) is 1.97. The smallest absolute Gasteiger partial charge is 0.202 e. The average molecular weight is 96.1 g/mol. The minimum absolute atomic E-state index is 0.218. The highest BCUT2D eigenvalue weighted by Crippen LogP contribution is 1.92. The van der Waals surface area contributed by atoms with E-state index in [2.05, 4.69) is 0 Å². The first-order chi connectivity index (χ1) is 3.31. The maximum Gasteiger partial charge on any atom is 0.202 e. The van der Waals surface area contributed by atoms with Crippen molar-refractivity contribution in [2.75, 3.05) is 0 Å². The van der Waals surface area contributed by atoms with E-state index < -0.39 is 0 Å². The third-order valence-corrected chi connectivity index (χ3v) is 0.599. The van der Waals surface area contributed by atoms with E-state index in [1.165, 1.54) is 0 Å². The lowest BCUT2D eigenvalue weighted by Crippen LogP contribution is -1.91. The Kier molecular flexibility index (Phi) is 2.95. The van der Waals surface area contributed by atoms with E-state index in [0.29, 0.717) is 0 Å². The Hall–Kier alpha value is -0.840. The third-order valence-electron chi connectivity index (χ3n) is 0.599. The zero-order chi connectivity index (χ0) is 5.70. The van der Waals surface area contributed by atoms with Gasteiger partial charge in [0.2, 0.25) is 6.29 Å². The van der Waals surface area contributed by atoms with Crippen molar-refractivity contribution in [3.05, 3.63) is 0 Å². The van der Waals surface area contributed by atoms with Crippen LogP contribution in [0.15, 0.2) is 0 Å². The van der Waals surface area contributed by atoms with Crippen LogP contribution >= 0.6 is 0 Å². The van der Waals surface area contributed by atoms with Gasteiger partial charge in [-0.1, -0.05) is 6.92 Å². The molecule has 2 nitrogen and oxygen atoms in total. The number of hydrogen-bond acceptors (Lipinski definition) is 2. The van der Waals surface area contributed by atoms with Gasteiger partial charge in [-0.05, 0) is 0 Å². The number of hydrogen-bond donors (Lipinski definition) is 0. The summed E-state index contributed by atoms with van der Waals surface area (Å²) in [5.41, 5.74) is 0. The standard InChI is InChI=1S/C5H6NO/c1-5(4-7)2-3-6/h5H,2H2,1H3. The minimum atomic E-state index is -0.218. The maximum absolute atomic E-state index is 9.62. The molecule has 0 bridgehead atoms. The van der Waals surface area contributed by atoms with Crippen molar-refractivity contribution in [1.82, 2.24) is 0 Å². The van der Waals surface area contributed by atoms with Crippen LogP contribution in [0.3, 0.4) is 0 Å². The topological polar surface area (TPSA) is 40.9 Å². The summed E-state index contributed by atoms with van der Waals surface area (Å²) >= 11 is 0. The molecule has 0 aromatic rings. The largest absolute Gasteiger partial charge is 0.291 e. The van der Waals surface area contributed by atoms with Gasteiger partial charge in [-0.15, -0.1) is 0 Å². The Morgan fingerprint density at radius 1 is 1.86 bits per heavy atom. The second-order valence-electron chi connectivity index (χ2n) is 1.38. The van der Waals surface area contributed by atoms with Gasteiger partial charge in [0, 0.05) is 12.3 Å². The molecular weight excluding hydrogens is 90.1 g/mol. The molecule has 0 heterocycles. The van der Waals surface area contributed by atoms with E-state index in [1.54, 1.807) is 13.2 Å². The molecule has 0 aromatic carbocycles. The fourth-order valence-corrected chi connectivity index (χ4v) is 0.179. The monoisotopic (exact) mass is 96.0 g/mol. The van der Waals surface area contributed by atoms with E-state index in [1.807, 2.05) is 6.07 Å². The lowest BCUT2D eigenvalue weighted by atomic mass is 10.1. The maximum atomic E-state index is 9.62. The van der Waals surface area contributed by atoms with Gasteiger partial charge < -0.3 is 0 Å². The van der Waals surface area contributed by atoms with Crippen molar-refractivity contribution in [3.63, 3.8) is 0 Å². The third kappa shape index (κ3) is 2.98. The van der Waals surface area contributed by atoms with Crippen molar-refractivity contribution < 1.29 is 4.79 Å². The summed E-state index contributed by atoms with van der Waals surface area (Å²) in [4.78, 5) is 9.62. The average Bonchev–Trinajstić information content (AvgIpc) is 1.68. The number of carbonyl (C=O) groups excluding carboxylic acids is 1. The van der Waals surface area contributed by atoms with Gasteiger partial charge in [0.25, 0.3) is 0 Å². The van der Waals surface area contributed by atoms with Crippen LogP contribution in [0.1, 0.15) is 13.3 Å². The fraction of sp³-hybridized carbons (Fsp3) is 0.600. The number of nitrogens with zero attached hydrogens (tertiary/aromatic N) is 1. The van der Waals surface area contributed by atoms with E-state index in [-0.39, 0.29) is 12.3 Å². The first-order valence-corrected chi connectivity index (χ1v) is 2.06. The molecule has 1 radical (unpaired) electrons. The predicted molar refractivity (Wildman–Crippen MR) is 25.1 cm³/mol. The quantitative estimate of drug-likeness (QED) is 0.506. The lowest BCUT2D eigenvalue weighted by Gasteiger charge is -1.85. The molecule has 0 aliphatic heterocycles. The molecule has 1 atom stereocenters. The van der Waals surface area contributed by atoms with Crippen LogP contribution in [0.25, 0.3) is 0 Å². The molecule has 0 aliphatic carbocycles. The number of rotatable bonds is 2. The van der Waals surface area contributed by atoms with Gasteiger partial charge in [-0.3, -0.25) is 4.79 Å². The first-order valence-electron chi connectivity index (χ1n) is 2.06. The summed E-state index contributed by atoms with van der Waals surface area (Å²) < 4.78 is 0. The van der Waals surface area contributed by atoms with Crippen molar-refractivity contribution in [2.24, 2.45) is 5.92 Å². The molecule has 0 saturated heterocycles. The molecular formula is C5H6NO. The molecule has 0 spiro atoms. The van der Waals surface area contributed by atoms with E-state index in [9.17, 15) is 4.79 Å². The van der Waals surface area contributed by atoms with Gasteiger partial charge in [-0.25, -0.2) is 0 Å². The van der Waals surface area contributed by atoms with Gasteiger partial charge in [-0.2, -0.15) is 5.26 Å². The summed E-state index contributed by atoms with van der Waals surface area (Å²) in [5.74, 6) is -0.218. The Balaban J connectivity index is 3.21. The summed E-state index contributed by atoms with van der Waals surface area (Å²) in [5, 5.41) is 7.94. The highest BCUT2D eigenvalue weighted by atomic mass is 16.1. The molecule has 2 heteroatoms. The van der Waals surface area contributed by atoms with Gasteiger partial charge >= 0.3 is 0 Å². The molecule has 0 aromatic heterocycles. The van der Waals surface area contributed by atoms with Crippen LogP contribution in [0.4, 0.5) is 0 Å². The lowest BCUT2D eigenvalue weighted by molar-refractivity contribution is 0.531. The highest BCUT2D eigenvalue weighted by Gasteiger charge is 1.95. The normalized spacial score (nSPS) is 12.0. The summed E-state index contributed by atoms with van der Waals surface area (Å²) in [6, 6.07) is 1.86. The van der Waals surface area contributed by atoms with Crippen LogP contribution in [0, 0.1) is 17.2 Å². The molecule has 0 amide bonds. The van der Waals surface area contributed by atoms with Crippen LogP contribution in [0.5, 0.6) is 0 Å². The Morgan fingerprint density at radius 2 is 2.43 bits per heavy atom. The molecule has 0 N–H and O–H groups in total. The molecule has 7 heavy (non-hydrogen) atoms. The molecule has 0 rings (SSSR count). The highest BCUT2D eigenvalue weighted by molar-refractivity contribution is 5.54. The van der Waals surface area contributed by atoms with Crippen LogP contribution in [-0.2, 0) is 4.79 Å². The van der Waals surface area contributed by atoms with Gasteiger partial charge in [0.05, 0.1) is 6.07 Å². The van der Waals surface area contributed by atoms with Crippen molar-refractivity contribution in [2.45, 2.75) is 13.3 Å². The second-order valence-corrected chi connectivity index (χ2v) is 1.38. The van der Waals surface area contributed by atoms with Gasteiger partial charge in [0.1, 0.15) is 0 Å². The Bertz CT molecular complexity index is 92.7. The Morgan fingerprint density at radius 3 is 2.57 bits per heavy atom. The van der Waals surface area contributed by atoms with Crippen LogP contribution in [-0.4, -0.2) is 6.29 Å². The summed E-state index contributed by atoms with van der Waals surface area (Å²) in [7, 11) is 0. The van der Waals surface area contributed by atoms with Crippen LogP contribution in [0.2, 0.25) is 0 Å². The molecule has 0 aliphatic rings. The molecule has 0 saturated carbocycles. The number of nitriles is 1. The van der Waals surface area contributed by atoms with E-state index >= 15 is 0 Å². The molecule has 1 unspecified atom stereocenters. The van der Waals surface area contributed by atoms with E-state index in [4.69, 9.17) is 5.26 Å². The summed E-state index contributed by atoms with van der Waals surface area (Å²) in [6.45, 7) is 1.66. The predicted octanol–water partition coefficient (Wildman–Crippen LogP) is 0.646. The zero-order valence-electron chi connectivity index (χ0n) is 4.14. The van der Waals surface area contributed by atoms with Crippen molar-refractivity contribution >= 4 is 6.29 Å². The molecule has 37 valence electrons. The minimum Gasteiger partial charge on any atom is -0.291 e.